The number of ether oxygens (including phenoxy) is 4. The predicted octanol–water partition coefficient (Wildman–Crippen LogP) is 7.11. The summed E-state index contributed by atoms with van der Waals surface area (Å²) in [5, 5.41) is 2.06. The van der Waals surface area contributed by atoms with Crippen molar-refractivity contribution >= 4 is 79.6 Å². The minimum Gasteiger partial charge on any atom is -0.486 e. The van der Waals surface area contributed by atoms with Crippen LogP contribution < -0.4 is 45.5 Å². The van der Waals surface area contributed by atoms with Crippen LogP contribution in [0.3, 0.4) is 0 Å². The first-order valence-corrected chi connectivity index (χ1v) is 16.3. The molecule has 0 fully saturated rings. The van der Waals surface area contributed by atoms with Crippen molar-refractivity contribution in [2.24, 2.45) is 0 Å². The summed E-state index contributed by atoms with van der Waals surface area (Å²) < 4.78 is 37.8. The number of furan rings is 2. The molecule has 0 amide bonds. The summed E-state index contributed by atoms with van der Waals surface area (Å²) in [6, 6.07) is 33.4. The second kappa shape index (κ2) is 9.54. The molecule has 48 heavy (non-hydrogen) atoms. The molecule has 0 saturated heterocycles. The topological polar surface area (TPSA) is 69.7 Å². The van der Waals surface area contributed by atoms with Crippen LogP contribution in [0.25, 0.3) is 21.9 Å². The molecular formula is C39H27BN2O6. The Morgan fingerprint density at radius 2 is 0.979 bits per heavy atom. The van der Waals surface area contributed by atoms with E-state index in [-0.39, 0.29) is 6.71 Å². The van der Waals surface area contributed by atoms with Gasteiger partial charge in [-0.2, -0.15) is 0 Å². The van der Waals surface area contributed by atoms with Gasteiger partial charge in [-0.15, -0.1) is 0 Å². The fraction of sp³-hybridized carbons (Fsp3) is 0.128. The van der Waals surface area contributed by atoms with Gasteiger partial charge < -0.3 is 37.6 Å². The lowest BCUT2D eigenvalue weighted by atomic mass is 9.37. The Labute approximate surface area is 275 Å². The maximum atomic E-state index is 6.89. The summed E-state index contributed by atoms with van der Waals surface area (Å²) in [6.07, 6.45) is 0. The molecule has 0 spiro atoms. The van der Waals surface area contributed by atoms with Crippen LogP contribution in [-0.2, 0) is 0 Å². The molecule has 4 aliphatic heterocycles. The van der Waals surface area contributed by atoms with Gasteiger partial charge in [0.15, 0.2) is 23.0 Å². The minimum atomic E-state index is -0.290. The molecule has 2 aromatic heterocycles. The van der Waals surface area contributed by atoms with Crippen LogP contribution in [0, 0.1) is 6.92 Å². The normalized spacial score (nSPS) is 15.4. The van der Waals surface area contributed by atoms with Crippen molar-refractivity contribution in [2.75, 3.05) is 36.2 Å². The maximum Gasteiger partial charge on any atom is 0.342 e. The number of anilines is 6. The molecule has 11 rings (SSSR count). The van der Waals surface area contributed by atoms with Gasteiger partial charge >= 0.3 is 6.71 Å². The number of hydrogen-bond donors (Lipinski definition) is 0. The maximum absolute atomic E-state index is 6.89. The third-order valence-corrected chi connectivity index (χ3v) is 9.78. The number of hydrogen-bond acceptors (Lipinski definition) is 8. The molecule has 8 nitrogen and oxygen atoms in total. The lowest BCUT2D eigenvalue weighted by Crippen LogP contribution is -2.60. The largest absolute Gasteiger partial charge is 0.486 e. The quantitative estimate of drug-likeness (QED) is 0.187. The van der Waals surface area contributed by atoms with Crippen LogP contribution in [0.4, 0.5) is 34.1 Å². The highest BCUT2D eigenvalue weighted by atomic mass is 16.6. The van der Waals surface area contributed by atoms with Gasteiger partial charge in [-0.3, -0.25) is 0 Å². The van der Waals surface area contributed by atoms with Crippen LogP contribution >= 0.6 is 0 Å². The number of fused-ring (bicyclic) bond motifs is 10. The van der Waals surface area contributed by atoms with Crippen molar-refractivity contribution in [3.8, 4) is 23.0 Å². The molecule has 7 aromatic rings. The third-order valence-electron chi connectivity index (χ3n) is 9.78. The van der Waals surface area contributed by atoms with Crippen LogP contribution in [0.1, 0.15) is 5.56 Å². The first-order valence-electron chi connectivity index (χ1n) is 16.3. The van der Waals surface area contributed by atoms with E-state index in [0.29, 0.717) is 26.4 Å². The van der Waals surface area contributed by atoms with Crippen molar-refractivity contribution in [1.29, 1.82) is 0 Å². The third kappa shape index (κ3) is 3.50. The molecule has 0 N–H and O–H groups in total. The van der Waals surface area contributed by atoms with Crippen LogP contribution in [-0.4, -0.2) is 33.1 Å². The lowest BCUT2D eigenvalue weighted by molar-refractivity contribution is 0.171. The minimum absolute atomic E-state index is 0.290. The molecule has 0 saturated carbocycles. The van der Waals surface area contributed by atoms with E-state index in [1.807, 2.05) is 36.4 Å². The summed E-state index contributed by atoms with van der Waals surface area (Å²) >= 11 is 0. The molecule has 4 aliphatic rings. The van der Waals surface area contributed by atoms with Crippen molar-refractivity contribution in [2.45, 2.75) is 6.92 Å². The zero-order valence-electron chi connectivity index (χ0n) is 26.0. The standard InChI is InChI=1S/C39H27BN2O6/c1-22-18-27-35-28(19-22)42(24-11-13-32-34(21-24)46-17-15-44-32)37-26-7-3-5-9-30(26)48-39(37)40(35)38-36(25-6-2-4-8-29(25)47-38)41(27)23-10-12-31-33(20-23)45-16-14-43-31/h2-13,18-21H,14-17H2,1H3. The van der Waals surface area contributed by atoms with Crippen LogP contribution in [0.5, 0.6) is 23.0 Å². The molecule has 6 heterocycles. The predicted molar refractivity (Wildman–Crippen MR) is 187 cm³/mol. The molecule has 232 valence electrons. The zero-order chi connectivity index (χ0) is 31.5. The fourth-order valence-corrected chi connectivity index (χ4v) is 7.88. The van der Waals surface area contributed by atoms with Gasteiger partial charge in [-0.25, -0.2) is 0 Å². The van der Waals surface area contributed by atoms with Gasteiger partial charge in [0.25, 0.3) is 0 Å². The van der Waals surface area contributed by atoms with Gasteiger partial charge in [0.05, 0.1) is 22.7 Å². The Bertz CT molecular complexity index is 2320. The number of nitrogens with zero attached hydrogens (tertiary/aromatic N) is 2. The van der Waals surface area contributed by atoms with Crippen molar-refractivity contribution in [1.82, 2.24) is 0 Å². The van der Waals surface area contributed by atoms with Gasteiger partial charge in [-0.1, -0.05) is 24.3 Å². The van der Waals surface area contributed by atoms with E-state index >= 15 is 0 Å². The molecule has 0 bridgehead atoms. The average Bonchev–Trinajstić information content (AvgIpc) is 3.70. The van der Waals surface area contributed by atoms with E-state index in [2.05, 4.69) is 77.4 Å². The number of para-hydroxylation sites is 2. The first kappa shape index (κ1) is 26.2. The number of aryl methyl sites for hydroxylation is 1. The molecule has 0 aliphatic carbocycles. The molecular weight excluding hydrogens is 603 g/mol. The highest BCUT2D eigenvalue weighted by Gasteiger charge is 2.50. The lowest BCUT2D eigenvalue weighted by Gasteiger charge is -2.41. The molecule has 5 aromatic carbocycles. The molecule has 0 radical (unpaired) electrons. The van der Waals surface area contributed by atoms with Gasteiger partial charge in [0.2, 0.25) is 0 Å². The van der Waals surface area contributed by atoms with E-state index in [9.17, 15) is 0 Å². The van der Waals surface area contributed by atoms with Crippen molar-refractivity contribution in [3.05, 3.63) is 103 Å². The Kier molecular flexibility index (Phi) is 5.20. The summed E-state index contributed by atoms with van der Waals surface area (Å²) in [5.74, 6) is 2.96. The van der Waals surface area contributed by atoms with Crippen LogP contribution in [0.2, 0.25) is 0 Å². The van der Waals surface area contributed by atoms with E-state index < -0.39 is 0 Å². The Morgan fingerprint density at radius 1 is 0.521 bits per heavy atom. The fourth-order valence-electron chi connectivity index (χ4n) is 7.88. The van der Waals surface area contributed by atoms with Crippen molar-refractivity contribution in [3.63, 3.8) is 0 Å². The summed E-state index contributed by atoms with van der Waals surface area (Å²) in [7, 11) is 0. The Morgan fingerprint density at radius 3 is 1.48 bits per heavy atom. The van der Waals surface area contributed by atoms with E-state index in [1.54, 1.807) is 0 Å². The summed E-state index contributed by atoms with van der Waals surface area (Å²) in [6.45, 7) is 3.96. The summed E-state index contributed by atoms with van der Waals surface area (Å²) in [4.78, 5) is 4.63. The Balaban J connectivity index is 1.25. The van der Waals surface area contributed by atoms with Crippen LogP contribution in [0.15, 0.2) is 106 Å². The second-order valence-electron chi connectivity index (χ2n) is 12.6. The van der Waals surface area contributed by atoms with E-state index in [4.69, 9.17) is 27.8 Å². The summed E-state index contributed by atoms with van der Waals surface area (Å²) in [5.41, 5.74) is 11.6. The van der Waals surface area contributed by atoms with E-state index in [0.717, 1.165) is 101 Å². The van der Waals surface area contributed by atoms with E-state index in [1.165, 1.54) is 0 Å². The van der Waals surface area contributed by atoms with Gasteiger partial charge in [-0.05, 0) is 78.6 Å². The number of rotatable bonds is 2. The SMILES string of the molecule is Cc1cc2c3c(c1)N(c1ccc4c(c1)OCCO4)c1c(oc4ccccc14)B3c1oc3ccccc3c1N2c1ccc2c(c1)OCCO2. The second-order valence-corrected chi connectivity index (χ2v) is 12.6. The smallest absolute Gasteiger partial charge is 0.342 e. The highest BCUT2D eigenvalue weighted by molar-refractivity contribution is 6.99. The van der Waals surface area contributed by atoms with Gasteiger partial charge in [0.1, 0.15) is 48.9 Å². The Hall–Kier alpha value is -5.96. The zero-order valence-corrected chi connectivity index (χ0v) is 26.0. The number of benzene rings is 5. The highest BCUT2D eigenvalue weighted by Crippen LogP contribution is 2.50. The average molecular weight is 630 g/mol. The first-order chi connectivity index (χ1) is 23.7. The van der Waals surface area contributed by atoms with Gasteiger partial charge in [0, 0.05) is 34.3 Å². The molecule has 9 heteroatoms. The molecule has 0 atom stereocenters. The van der Waals surface area contributed by atoms with Crippen molar-refractivity contribution < 1.29 is 27.8 Å². The monoisotopic (exact) mass is 630 g/mol. The molecule has 0 unspecified atom stereocenters.